The molecule has 0 heterocycles. The topological polar surface area (TPSA) is 76.4 Å². The lowest BCUT2D eigenvalue weighted by Gasteiger charge is -2.13. The summed E-state index contributed by atoms with van der Waals surface area (Å²) in [5.41, 5.74) is -1.38. The lowest BCUT2D eigenvalue weighted by atomic mass is 10.0. The molecule has 0 fully saturated rings. The van der Waals surface area contributed by atoms with Crippen LogP contribution in [0.2, 0.25) is 0 Å². The number of hydrogen-bond donors (Lipinski definition) is 0. The van der Waals surface area contributed by atoms with Gasteiger partial charge in [0.1, 0.15) is 5.75 Å². The molecule has 0 aromatic heterocycles. The number of esters is 1. The summed E-state index contributed by atoms with van der Waals surface area (Å²) in [6.07, 6.45) is -5.03. The summed E-state index contributed by atoms with van der Waals surface area (Å²) in [5, 5.41) is 8.68. The molecule has 0 unspecified atom stereocenters. The van der Waals surface area contributed by atoms with Crippen LogP contribution in [0.3, 0.4) is 0 Å². The van der Waals surface area contributed by atoms with E-state index in [-0.39, 0.29) is 11.8 Å². The molecular weight excluding hydrogens is 267 g/mol. The van der Waals surface area contributed by atoms with Crippen molar-refractivity contribution in [3.05, 3.63) is 28.8 Å². The summed E-state index contributed by atoms with van der Waals surface area (Å²) < 4.78 is 44.4. The van der Waals surface area contributed by atoms with Crippen LogP contribution in [-0.2, 0) is 4.74 Å². The van der Waals surface area contributed by atoms with E-state index in [4.69, 9.17) is 5.26 Å². The van der Waals surface area contributed by atoms with E-state index in [1.165, 1.54) is 0 Å². The molecule has 0 bridgehead atoms. The Morgan fingerprint density at radius 2 is 2.05 bits per heavy atom. The number of methoxy groups -OCH3 is 1. The third-order valence-electron chi connectivity index (χ3n) is 2.02. The Kier molecular flexibility index (Phi) is 4.11. The van der Waals surface area contributed by atoms with Gasteiger partial charge in [0.05, 0.1) is 29.9 Å². The van der Waals surface area contributed by atoms with Gasteiger partial charge in [0.15, 0.2) is 6.29 Å². The van der Waals surface area contributed by atoms with Crippen molar-refractivity contribution in [1.29, 1.82) is 5.26 Å². The number of alkyl halides is 3. The maximum atomic E-state index is 12.2. The van der Waals surface area contributed by atoms with Crippen molar-refractivity contribution in [3.8, 4) is 11.8 Å². The lowest BCUT2D eigenvalue weighted by Crippen LogP contribution is -2.19. The van der Waals surface area contributed by atoms with Crippen LogP contribution in [0.25, 0.3) is 0 Å². The first-order chi connectivity index (χ1) is 8.82. The monoisotopic (exact) mass is 273 g/mol. The highest BCUT2D eigenvalue weighted by Gasteiger charge is 2.33. The summed E-state index contributed by atoms with van der Waals surface area (Å²) in [6, 6.07) is 3.21. The second-order valence-corrected chi connectivity index (χ2v) is 3.20. The van der Waals surface area contributed by atoms with Crippen LogP contribution in [0, 0.1) is 11.3 Å². The predicted molar refractivity (Wildman–Crippen MR) is 54.6 cm³/mol. The van der Waals surface area contributed by atoms with E-state index in [2.05, 4.69) is 9.47 Å². The van der Waals surface area contributed by atoms with Gasteiger partial charge in [0.25, 0.3) is 0 Å². The highest BCUT2D eigenvalue weighted by atomic mass is 19.4. The third-order valence-corrected chi connectivity index (χ3v) is 2.02. The zero-order valence-electron chi connectivity index (χ0n) is 9.45. The van der Waals surface area contributed by atoms with E-state index in [0.29, 0.717) is 6.07 Å². The second kappa shape index (κ2) is 5.39. The van der Waals surface area contributed by atoms with Gasteiger partial charge in [0, 0.05) is 0 Å². The molecular formula is C11H6F3NO4. The minimum atomic E-state index is -5.06. The van der Waals surface area contributed by atoms with E-state index in [1.54, 1.807) is 6.07 Å². The molecule has 100 valence electrons. The standard InChI is InChI=1S/C11H6F3NO4/c1-18-10(17)7-2-6(4-15)3-9(8(7)5-16)19-11(12,13)14/h2-3,5H,1H3. The molecule has 1 aromatic carbocycles. The molecule has 0 saturated heterocycles. The van der Waals surface area contributed by atoms with Crippen LogP contribution in [0.15, 0.2) is 12.1 Å². The fourth-order valence-electron chi connectivity index (χ4n) is 1.30. The van der Waals surface area contributed by atoms with Crippen molar-refractivity contribution in [2.24, 2.45) is 0 Å². The molecule has 0 aliphatic heterocycles. The van der Waals surface area contributed by atoms with Crippen LogP contribution < -0.4 is 4.74 Å². The van der Waals surface area contributed by atoms with Gasteiger partial charge in [-0.05, 0) is 12.1 Å². The number of carbonyl (C=O) groups is 2. The van der Waals surface area contributed by atoms with E-state index < -0.39 is 29.2 Å². The van der Waals surface area contributed by atoms with Gasteiger partial charge >= 0.3 is 12.3 Å². The van der Waals surface area contributed by atoms with Crippen LogP contribution >= 0.6 is 0 Å². The molecule has 0 atom stereocenters. The first kappa shape index (κ1) is 14.5. The zero-order chi connectivity index (χ0) is 14.6. The van der Waals surface area contributed by atoms with Crippen molar-refractivity contribution in [2.75, 3.05) is 7.11 Å². The number of carbonyl (C=O) groups excluding carboxylic acids is 2. The second-order valence-electron chi connectivity index (χ2n) is 3.20. The molecule has 0 N–H and O–H groups in total. The molecule has 8 heteroatoms. The minimum absolute atomic E-state index is 0.0223. The number of hydrogen-bond acceptors (Lipinski definition) is 5. The Morgan fingerprint density at radius 3 is 2.47 bits per heavy atom. The maximum absolute atomic E-state index is 12.2. The Labute approximate surface area is 105 Å². The molecule has 0 aliphatic rings. The first-order valence-corrected chi connectivity index (χ1v) is 4.69. The van der Waals surface area contributed by atoms with E-state index in [9.17, 15) is 22.8 Å². The lowest BCUT2D eigenvalue weighted by molar-refractivity contribution is -0.274. The summed E-state index contributed by atoms with van der Waals surface area (Å²) in [4.78, 5) is 22.2. The number of nitriles is 1. The predicted octanol–water partition coefficient (Wildman–Crippen LogP) is 2.06. The number of ether oxygens (including phenoxy) is 2. The Hall–Kier alpha value is -2.56. The smallest absolute Gasteiger partial charge is 0.465 e. The van der Waals surface area contributed by atoms with Gasteiger partial charge < -0.3 is 9.47 Å². The molecule has 0 radical (unpaired) electrons. The summed E-state index contributed by atoms with van der Waals surface area (Å²) in [5.74, 6) is -1.98. The molecule has 0 amide bonds. The average molecular weight is 273 g/mol. The number of aldehydes is 1. The van der Waals surface area contributed by atoms with Crippen molar-refractivity contribution in [1.82, 2.24) is 0 Å². The van der Waals surface area contributed by atoms with Gasteiger partial charge in [-0.3, -0.25) is 4.79 Å². The number of rotatable bonds is 3. The van der Waals surface area contributed by atoms with Gasteiger partial charge in [-0.2, -0.15) is 5.26 Å². The number of halogens is 3. The SMILES string of the molecule is COC(=O)c1cc(C#N)cc(OC(F)(F)F)c1C=O. The van der Waals surface area contributed by atoms with Crippen molar-refractivity contribution < 1.29 is 32.2 Å². The highest BCUT2D eigenvalue weighted by molar-refractivity contribution is 6.00. The molecule has 1 aromatic rings. The molecule has 1 rings (SSSR count). The van der Waals surface area contributed by atoms with Crippen molar-refractivity contribution in [3.63, 3.8) is 0 Å². The first-order valence-electron chi connectivity index (χ1n) is 4.69. The van der Waals surface area contributed by atoms with Gasteiger partial charge in [-0.1, -0.05) is 0 Å². The van der Waals surface area contributed by atoms with Crippen molar-refractivity contribution in [2.45, 2.75) is 6.36 Å². The molecule has 0 saturated carbocycles. The summed E-state index contributed by atoms with van der Waals surface area (Å²) in [7, 11) is 0.986. The average Bonchev–Trinajstić information content (AvgIpc) is 2.34. The quantitative estimate of drug-likeness (QED) is 0.622. The van der Waals surface area contributed by atoms with E-state index >= 15 is 0 Å². The number of benzene rings is 1. The molecule has 0 spiro atoms. The Bertz CT molecular complexity index is 560. The largest absolute Gasteiger partial charge is 0.573 e. The van der Waals surface area contributed by atoms with Gasteiger partial charge in [-0.25, -0.2) is 4.79 Å². The highest BCUT2D eigenvalue weighted by Crippen LogP contribution is 2.29. The number of nitrogens with zero attached hydrogens (tertiary/aromatic N) is 1. The fourth-order valence-corrected chi connectivity index (χ4v) is 1.30. The molecule has 5 nitrogen and oxygen atoms in total. The summed E-state index contributed by atoms with van der Waals surface area (Å²) >= 11 is 0. The fraction of sp³-hybridized carbons (Fsp3) is 0.182. The van der Waals surface area contributed by atoms with E-state index in [0.717, 1.165) is 13.2 Å². The van der Waals surface area contributed by atoms with Crippen molar-refractivity contribution >= 4 is 12.3 Å². The van der Waals surface area contributed by atoms with Crippen LogP contribution in [0.4, 0.5) is 13.2 Å². The zero-order valence-corrected chi connectivity index (χ0v) is 9.45. The van der Waals surface area contributed by atoms with Crippen LogP contribution in [0.1, 0.15) is 26.3 Å². The van der Waals surface area contributed by atoms with Crippen LogP contribution in [0.5, 0.6) is 5.75 Å². The van der Waals surface area contributed by atoms with Gasteiger partial charge in [0.2, 0.25) is 0 Å². The van der Waals surface area contributed by atoms with Crippen LogP contribution in [-0.4, -0.2) is 25.7 Å². The molecule has 0 aliphatic carbocycles. The minimum Gasteiger partial charge on any atom is -0.465 e. The summed E-state index contributed by atoms with van der Waals surface area (Å²) in [6.45, 7) is 0. The third kappa shape index (κ3) is 3.45. The molecule has 19 heavy (non-hydrogen) atoms. The normalized spacial score (nSPS) is 10.5. The van der Waals surface area contributed by atoms with Gasteiger partial charge in [-0.15, -0.1) is 13.2 Å². The van der Waals surface area contributed by atoms with E-state index in [1.807, 2.05) is 0 Å². The maximum Gasteiger partial charge on any atom is 0.573 e. The Morgan fingerprint density at radius 1 is 1.42 bits per heavy atom. The Balaban J connectivity index is 3.48.